The number of rotatable bonds is 8. The predicted molar refractivity (Wildman–Crippen MR) is 108 cm³/mol. The van der Waals surface area contributed by atoms with Gasteiger partial charge < -0.3 is 10.2 Å². The van der Waals surface area contributed by atoms with Gasteiger partial charge in [-0.1, -0.05) is 32.0 Å². The number of carbonyl (C=O) groups is 1. The number of halogens is 1. The van der Waals surface area contributed by atoms with E-state index in [1.807, 2.05) is 10.9 Å². The lowest BCUT2D eigenvalue weighted by atomic mass is 10.2. The van der Waals surface area contributed by atoms with E-state index in [0.717, 1.165) is 31.1 Å². The van der Waals surface area contributed by atoms with Gasteiger partial charge in [0, 0.05) is 23.2 Å². The largest absolute Gasteiger partial charge is 0.319 e. The van der Waals surface area contributed by atoms with E-state index in [0.29, 0.717) is 16.1 Å². The summed E-state index contributed by atoms with van der Waals surface area (Å²) < 4.78 is 15.7. The van der Waals surface area contributed by atoms with Crippen molar-refractivity contribution in [2.45, 2.75) is 20.4 Å². The van der Waals surface area contributed by atoms with Crippen LogP contribution in [0.2, 0.25) is 0 Å². The van der Waals surface area contributed by atoms with Crippen LogP contribution in [0, 0.1) is 5.82 Å². The van der Waals surface area contributed by atoms with Crippen molar-refractivity contribution in [1.29, 1.82) is 0 Å². The average Bonchev–Trinajstić information content (AvgIpc) is 3.33. The van der Waals surface area contributed by atoms with Crippen LogP contribution < -0.4 is 5.32 Å². The number of thiophene rings is 1. The number of nitrogens with zero attached hydrogens (tertiary/aromatic N) is 3. The van der Waals surface area contributed by atoms with Crippen LogP contribution in [-0.2, 0) is 6.54 Å². The van der Waals surface area contributed by atoms with Crippen LogP contribution in [0.1, 0.15) is 23.5 Å². The summed E-state index contributed by atoms with van der Waals surface area (Å²) in [6.45, 7) is 7.96. The van der Waals surface area contributed by atoms with Crippen molar-refractivity contribution in [2.75, 3.05) is 25.0 Å². The molecule has 0 bridgehead atoms. The van der Waals surface area contributed by atoms with E-state index >= 15 is 0 Å². The summed E-state index contributed by atoms with van der Waals surface area (Å²) >= 11 is 1.27. The first-order valence-corrected chi connectivity index (χ1v) is 9.83. The summed E-state index contributed by atoms with van der Waals surface area (Å²) in [6, 6.07) is 10.0. The maximum absolute atomic E-state index is 13.9. The fraction of sp³-hybridized carbons (Fsp3) is 0.300. The number of amides is 1. The molecule has 7 heteroatoms. The summed E-state index contributed by atoms with van der Waals surface area (Å²) in [4.78, 5) is 16.0. The molecule has 1 N–H and O–H groups in total. The van der Waals surface area contributed by atoms with Gasteiger partial charge in [0.2, 0.25) is 0 Å². The smallest absolute Gasteiger partial charge is 0.265 e. The number of nitrogens with one attached hydrogen (secondary N) is 1. The molecule has 0 spiro atoms. The van der Waals surface area contributed by atoms with Crippen LogP contribution >= 0.6 is 11.3 Å². The highest BCUT2D eigenvalue weighted by atomic mass is 32.1. The van der Waals surface area contributed by atoms with Gasteiger partial charge >= 0.3 is 0 Å². The lowest BCUT2D eigenvalue weighted by Crippen LogP contribution is -2.27. The van der Waals surface area contributed by atoms with E-state index in [4.69, 9.17) is 0 Å². The lowest BCUT2D eigenvalue weighted by molar-refractivity contribution is 0.103. The standard InChI is InChI=1S/C20H23FN4OS/c1-3-24(4-2)11-12-25-14-15(13-22-25)23-20(26)19-10-9-18(27-19)16-7-5-6-8-17(16)21/h5-10,13-14H,3-4,11-12H2,1-2H3,(H,23,26). The monoisotopic (exact) mass is 386 g/mol. The van der Waals surface area contributed by atoms with E-state index in [1.165, 1.54) is 17.4 Å². The SMILES string of the molecule is CCN(CC)CCn1cc(NC(=O)c2ccc(-c3ccccc3F)s2)cn1. The second-order valence-electron chi connectivity index (χ2n) is 6.12. The van der Waals surface area contributed by atoms with Crippen molar-refractivity contribution in [3.05, 3.63) is 59.5 Å². The molecule has 0 aliphatic rings. The van der Waals surface area contributed by atoms with E-state index in [9.17, 15) is 9.18 Å². The third-order valence-corrected chi connectivity index (χ3v) is 5.52. The van der Waals surface area contributed by atoms with Crippen LogP contribution in [-0.4, -0.2) is 40.2 Å². The minimum absolute atomic E-state index is 0.217. The second-order valence-corrected chi connectivity index (χ2v) is 7.20. The molecule has 2 heterocycles. The third-order valence-electron chi connectivity index (χ3n) is 4.40. The molecule has 0 saturated carbocycles. The van der Waals surface area contributed by atoms with Gasteiger partial charge in [-0.25, -0.2) is 4.39 Å². The quantitative estimate of drug-likeness (QED) is 0.626. The molecule has 142 valence electrons. The van der Waals surface area contributed by atoms with E-state index in [2.05, 4.69) is 29.2 Å². The molecule has 3 aromatic rings. The van der Waals surface area contributed by atoms with E-state index in [-0.39, 0.29) is 11.7 Å². The Kier molecular flexibility index (Phi) is 6.36. The molecular formula is C20H23FN4OS. The topological polar surface area (TPSA) is 50.2 Å². The molecule has 5 nitrogen and oxygen atoms in total. The molecule has 0 radical (unpaired) electrons. The number of benzene rings is 1. The Hall–Kier alpha value is -2.51. The lowest BCUT2D eigenvalue weighted by Gasteiger charge is -2.17. The zero-order valence-corrected chi connectivity index (χ0v) is 16.3. The summed E-state index contributed by atoms with van der Waals surface area (Å²) in [5, 5.41) is 7.15. The highest BCUT2D eigenvalue weighted by molar-refractivity contribution is 7.17. The van der Waals surface area contributed by atoms with Crippen LogP contribution in [0.15, 0.2) is 48.8 Å². The first-order chi connectivity index (χ1) is 13.1. The zero-order chi connectivity index (χ0) is 19.2. The van der Waals surface area contributed by atoms with Gasteiger partial charge in [0.1, 0.15) is 5.82 Å². The minimum atomic E-state index is -0.291. The van der Waals surface area contributed by atoms with Crippen molar-refractivity contribution < 1.29 is 9.18 Å². The number of hydrogen-bond donors (Lipinski definition) is 1. The van der Waals surface area contributed by atoms with Crippen LogP contribution in [0.5, 0.6) is 0 Å². The molecule has 3 rings (SSSR count). The van der Waals surface area contributed by atoms with Crippen molar-refractivity contribution in [3.63, 3.8) is 0 Å². The zero-order valence-electron chi connectivity index (χ0n) is 15.5. The van der Waals surface area contributed by atoms with Crippen LogP contribution in [0.3, 0.4) is 0 Å². The maximum atomic E-state index is 13.9. The fourth-order valence-corrected chi connectivity index (χ4v) is 3.72. The summed E-state index contributed by atoms with van der Waals surface area (Å²) in [5.74, 6) is -0.508. The molecule has 1 amide bonds. The summed E-state index contributed by atoms with van der Waals surface area (Å²) in [5.41, 5.74) is 1.16. The number of anilines is 1. The fourth-order valence-electron chi connectivity index (χ4n) is 2.79. The van der Waals surface area contributed by atoms with Crippen LogP contribution in [0.4, 0.5) is 10.1 Å². The molecule has 0 atom stereocenters. The van der Waals surface area contributed by atoms with Gasteiger partial charge in [0.25, 0.3) is 5.91 Å². The number of hydrogen-bond acceptors (Lipinski definition) is 4. The maximum Gasteiger partial charge on any atom is 0.265 e. The first-order valence-electron chi connectivity index (χ1n) is 9.01. The van der Waals surface area contributed by atoms with E-state index < -0.39 is 0 Å². The predicted octanol–water partition coefficient (Wildman–Crippen LogP) is 4.34. The van der Waals surface area contributed by atoms with Crippen molar-refractivity contribution in [3.8, 4) is 10.4 Å². The molecule has 0 saturated heterocycles. The highest BCUT2D eigenvalue weighted by Crippen LogP contribution is 2.30. The number of likely N-dealkylation sites (N-methyl/N-ethyl adjacent to an activating group) is 1. The molecule has 27 heavy (non-hydrogen) atoms. The van der Waals surface area contributed by atoms with Crippen molar-refractivity contribution in [1.82, 2.24) is 14.7 Å². The minimum Gasteiger partial charge on any atom is -0.319 e. The Morgan fingerprint density at radius 2 is 2.00 bits per heavy atom. The van der Waals surface area contributed by atoms with Gasteiger partial charge in [-0.3, -0.25) is 9.48 Å². The van der Waals surface area contributed by atoms with Gasteiger partial charge in [-0.2, -0.15) is 5.10 Å². The second kappa shape index (κ2) is 8.92. The Balaban J connectivity index is 1.62. The normalized spacial score (nSPS) is 11.1. The van der Waals surface area contributed by atoms with Crippen LogP contribution in [0.25, 0.3) is 10.4 Å². The Morgan fingerprint density at radius 1 is 1.22 bits per heavy atom. The molecule has 1 aromatic carbocycles. The van der Waals surface area contributed by atoms with E-state index in [1.54, 1.807) is 36.5 Å². The molecule has 0 fully saturated rings. The Bertz CT molecular complexity index is 901. The van der Waals surface area contributed by atoms with Crippen molar-refractivity contribution >= 4 is 22.9 Å². The average molecular weight is 386 g/mol. The third kappa shape index (κ3) is 4.81. The van der Waals surface area contributed by atoms with Gasteiger partial charge in [-0.15, -0.1) is 11.3 Å². The molecule has 0 aliphatic carbocycles. The first kappa shape index (κ1) is 19.3. The van der Waals surface area contributed by atoms with Crippen molar-refractivity contribution in [2.24, 2.45) is 0 Å². The Morgan fingerprint density at radius 3 is 2.74 bits per heavy atom. The summed E-state index contributed by atoms with van der Waals surface area (Å²) in [7, 11) is 0. The van der Waals surface area contributed by atoms with Gasteiger partial charge in [0.05, 0.1) is 23.3 Å². The molecule has 0 unspecified atom stereocenters. The number of carbonyl (C=O) groups excluding carboxylic acids is 1. The summed E-state index contributed by atoms with van der Waals surface area (Å²) in [6.07, 6.45) is 3.47. The Labute approximate surface area is 162 Å². The molecular weight excluding hydrogens is 363 g/mol. The number of aromatic nitrogens is 2. The van der Waals surface area contributed by atoms with Gasteiger partial charge in [-0.05, 0) is 31.3 Å². The molecule has 0 aliphatic heterocycles. The van der Waals surface area contributed by atoms with Gasteiger partial charge in [0.15, 0.2) is 0 Å². The highest BCUT2D eigenvalue weighted by Gasteiger charge is 2.13. The molecule has 2 aromatic heterocycles.